The average molecular weight is 378 g/mol. The summed E-state index contributed by atoms with van der Waals surface area (Å²) in [6.07, 6.45) is -8.70. The third-order valence-corrected chi connectivity index (χ3v) is 2.60. The summed E-state index contributed by atoms with van der Waals surface area (Å²) in [6, 6.07) is 0. The van der Waals surface area contributed by atoms with Crippen molar-refractivity contribution in [2.75, 3.05) is 0 Å². The van der Waals surface area contributed by atoms with Crippen LogP contribution in [0.25, 0.3) is 0 Å². The molecule has 0 aliphatic heterocycles. The van der Waals surface area contributed by atoms with Crippen LogP contribution in [0.4, 0.5) is 0 Å². The first-order valence-electron chi connectivity index (χ1n) is 7.01. The Balaban J connectivity index is 6.20. The molecular weight excluding hydrogens is 360 g/mol. The maximum Gasteiger partial charge on any atom is 0.349 e. The van der Waals surface area contributed by atoms with Crippen LogP contribution in [-0.2, 0) is 47.7 Å². The fourth-order valence-electron chi connectivity index (χ4n) is 1.86. The standard InChI is InChI=1S/C14H18O12/c1-5(15)23-9(11(13(19)20)25-7(3)17)10(24-6(2)16)12(14(21)22)26-8(4)18/h9-12H,1-4H3,(H,19,20)(H,21,22)/t9-,10-,11-,12-/m1/s1. The maximum absolute atomic E-state index is 11.4. The summed E-state index contributed by atoms with van der Waals surface area (Å²) in [5.74, 6) is -8.05. The van der Waals surface area contributed by atoms with Crippen LogP contribution < -0.4 is 0 Å². The summed E-state index contributed by atoms with van der Waals surface area (Å²) in [6.45, 7) is 3.41. The molecule has 146 valence electrons. The zero-order valence-electron chi connectivity index (χ0n) is 14.3. The Morgan fingerprint density at radius 1 is 0.538 bits per heavy atom. The Kier molecular flexibility index (Phi) is 8.74. The number of carboxylic acids is 2. The lowest BCUT2D eigenvalue weighted by molar-refractivity contribution is -0.206. The molecule has 0 bridgehead atoms. The van der Waals surface area contributed by atoms with Crippen LogP contribution in [0.2, 0.25) is 0 Å². The van der Waals surface area contributed by atoms with E-state index in [1.165, 1.54) is 0 Å². The van der Waals surface area contributed by atoms with Gasteiger partial charge in [0.2, 0.25) is 12.2 Å². The van der Waals surface area contributed by atoms with E-state index in [2.05, 4.69) is 9.47 Å². The van der Waals surface area contributed by atoms with Crippen molar-refractivity contribution in [2.45, 2.75) is 52.1 Å². The molecule has 26 heavy (non-hydrogen) atoms. The van der Waals surface area contributed by atoms with E-state index in [9.17, 15) is 39.0 Å². The van der Waals surface area contributed by atoms with Gasteiger partial charge in [0.1, 0.15) is 0 Å². The van der Waals surface area contributed by atoms with E-state index in [1.807, 2.05) is 0 Å². The van der Waals surface area contributed by atoms with Gasteiger partial charge in [0.25, 0.3) is 0 Å². The minimum Gasteiger partial charge on any atom is -0.478 e. The van der Waals surface area contributed by atoms with Gasteiger partial charge in [0.05, 0.1) is 0 Å². The van der Waals surface area contributed by atoms with Gasteiger partial charge in [-0.15, -0.1) is 0 Å². The van der Waals surface area contributed by atoms with Gasteiger partial charge >= 0.3 is 35.8 Å². The van der Waals surface area contributed by atoms with E-state index >= 15 is 0 Å². The molecule has 0 rings (SSSR count). The molecule has 0 saturated carbocycles. The molecule has 0 aliphatic carbocycles. The number of esters is 4. The summed E-state index contributed by atoms with van der Waals surface area (Å²) in [7, 11) is 0. The predicted octanol–water partition coefficient (Wildman–Crippen LogP) is -1.12. The van der Waals surface area contributed by atoms with Crippen LogP contribution in [0.1, 0.15) is 27.7 Å². The second-order valence-electron chi connectivity index (χ2n) is 4.88. The number of carbonyl (C=O) groups is 6. The molecule has 12 nitrogen and oxygen atoms in total. The second-order valence-corrected chi connectivity index (χ2v) is 4.88. The van der Waals surface area contributed by atoms with Gasteiger partial charge in [-0.25, -0.2) is 9.59 Å². The van der Waals surface area contributed by atoms with Crippen LogP contribution in [0.3, 0.4) is 0 Å². The van der Waals surface area contributed by atoms with E-state index in [-0.39, 0.29) is 0 Å². The fraction of sp³-hybridized carbons (Fsp3) is 0.571. The smallest absolute Gasteiger partial charge is 0.349 e. The molecule has 0 fully saturated rings. The van der Waals surface area contributed by atoms with Crippen molar-refractivity contribution < 1.29 is 57.9 Å². The highest BCUT2D eigenvalue weighted by Crippen LogP contribution is 2.20. The molecule has 0 radical (unpaired) electrons. The average Bonchev–Trinajstić information content (AvgIpc) is 2.44. The molecule has 0 amide bonds. The second kappa shape index (κ2) is 9.96. The number of rotatable bonds is 9. The summed E-state index contributed by atoms with van der Waals surface area (Å²) >= 11 is 0. The lowest BCUT2D eigenvalue weighted by Gasteiger charge is -2.32. The van der Waals surface area contributed by atoms with Crippen LogP contribution in [0.5, 0.6) is 0 Å². The first-order chi connectivity index (χ1) is 11.9. The van der Waals surface area contributed by atoms with Crippen LogP contribution in [0, 0.1) is 0 Å². The highest BCUT2D eigenvalue weighted by molar-refractivity contribution is 5.81. The molecular formula is C14H18O12. The Bertz CT molecular complexity index is 543. The molecule has 0 spiro atoms. The first-order valence-corrected chi connectivity index (χ1v) is 7.01. The van der Waals surface area contributed by atoms with Gasteiger partial charge in [-0.3, -0.25) is 19.2 Å². The van der Waals surface area contributed by atoms with Crippen molar-refractivity contribution in [3.63, 3.8) is 0 Å². The highest BCUT2D eigenvalue weighted by atomic mass is 16.6. The number of carbonyl (C=O) groups excluding carboxylic acids is 4. The SMILES string of the molecule is CC(=O)O[C@H]([C@@H](OC(C)=O)[C@@H](OC(C)=O)C(=O)O)[C@@H](OC(C)=O)C(=O)O. The molecule has 0 aromatic rings. The Labute approximate surface area is 146 Å². The van der Waals surface area contributed by atoms with E-state index in [0.29, 0.717) is 0 Å². The van der Waals surface area contributed by atoms with Gasteiger partial charge < -0.3 is 29.2 Å². The van der Waals surface area contributed by atoms with Gasteiger partial charge in [-0.1, -0.05) is 0 Å². The third kappa shape index (κ3) is 7.59. The molecule has 0 aromatic carbocycles. The number of carboxylic acid groups (broad SMARTS) is 2. The summed E-state index contributed by atoms with van der Waals surface area (Å²) in [5.41, 5.74) is 0. The fourth-order valence-corrected chi connectivity index (χ4v) is 1.86. The van der Waals surface area contributed by atoms with E-state index in [4.69, 9.17) is 9.47 Å². The number of hydrogen-bond donors (Lipinski definition) is 2. The molecule has 0 heterocycles. The zero-order chi connectivity index (χ0) is 20.6. The van der Waals surface area contributed by atoms with Gasteiger partial charge in [0.15, 0.2) is 12.2 Å². The number of ether oxygens (including phenoxy) is 4. The predicted molar refractivity (Wildman–Crippen MR) is 77.5 cm³/mol. The van der Waals surface area contributed by atoms with Crippen molar-refractivity contribution in [1.82, 2.24) is 0 Å². The van der Waals surface area contributed by atoms with Crippen molar-refractivity contribution >= 4 is 35.8 Å². The van der Waals surface area contributed by atoms with E-state index in [1.54, 1.807) is 0 Å². The molecule has 0 aliphatic rings. The minimum absolute atomic E-state index is 0.850. The minimum atomic E-state index is -2.24. The summed E-state index contributed by atoms with van der Waals surface area (Å²) in [5, 5.41) is 18.5. The maximum atomic E-state index is 11.4. The van der Waals surface area contributed by atoms with Crippen molar-refractivity contribution in [1.29, 1.82) is 0 Å². The zero-order valence-corrected chi connectivity index (χ0v) is 14.3. The van der Waals surface area contributed by atoms with E-state index < -0.39 is 60.2 Å². The van der Waals surface area contributed by atoms with E-state index in [0.717, 1.165) is 27.7 Å². The Hall–Kier alpha value is -3.18. The first kappa shape index (κ1) is 22.8. The third-order valence-electron chi connectivity index (χ3n) is 2.60. The Morgan fingerprint density at radius 2 is 0.769 bits per heavy atom. The Morgan fingerprint density at radius 3 is 0.923 bits per heavy atom. The molecule has 0 unspecified atom stereocenters. The topological polar surface area (TPSA) is 180 Å². The summed E-state index contributed by atoms with van der Waals surface area (Å²) < 4.78 is 18.5. The summed E-state index contributed by atoms with van der Waals surface area (Å²) in [4.78, 5) is 67.7. The van der Waals surface area contributed by atoms with Crippen molar-refractivity contribution in [3.8, 4) is 0 Å². The van der Waals surface area contributed by atoms with Crippen LogP contribution in [-0.4, -0.2) is 70.4 Å². The highest BCUT2D eigenvalue weighted by Gasteiger charge is 2.49. The monoisotopic (exact) mass is 378 g/mol. The molecule has 0 saturated heterocycles. The van der Waals surface area contributed by atoms with Crippen LogP contribution >= 0.6 is 0 Å². The molecule has 2 N–H and O–H groups in total. The van der Waals surface area contributed by atoms with Crippen molar-refractivity contribution in [3.05, 3.63) is 0 Å². The number of aliphatic carboxylic acids is 2. The largest absolute Gasteiger partial charge is 0.478 e. The van der Waals surface area contributed by atoms with Crippen molar-refractivity contribution in [2.24, 2.45) is 0 Å². The molecule has 4 atom stereocenters. The lowest BCUT2D eigenvalue weighted by Crippen LogP contribution is -2.56. The number of hydrogen-bond acceptors (Lipinski definition) is 10. The van der Waals surface area contributed by atoms with Gasteiger partial charge in [-0.05, 0) is 0 Å². The normalized spacial score (nSPS) is 14.8. The van der Waals surface area contributed by atoms with Gasteiger partial charge in [0, 0.05) is 27.7 Å². The van der Waals surface area contributed by atoms with Crippen LogP contribution in [0.15, 0.2) is 0 Å². The molecule has 12 heteroatoms. The van der Waals surface area contributed by atoms with Gasteiger partial charge in [-0.2, -0.15) is 0 Å². The quantitative estimate of drug-likeness (QED) is 0.365. The lowest BCUT2D eigenvalue weighted by atomic mass is 10.0. The molecule has 0 aromatic heterocycles.